The number of hydrogen-bond donors (Lipinski definition) is 0. The highest BCUT2D eigenvalue weighted by molar-refractivity contribution is 7.85. The molecule has 0 spiro atoms. The molecule has 3 aromatic carbocycles. The van der Waals surface area contributed by atoms with Gasteiger partial charge in [-0.2, -0.15) is 13.2 Å². The van der Waals surface area contributed by atoms with E-state index in [0.717, 1.165) is 0 Å². The lowest BCUT2D eigenvalue weighted by Crippen LogP contribution is -3.61. The summed E-state index contributed by atoms with van der Waals surface area (Å²) in [6.07, 6.45) is -4.54. The molecule has 0 atom stereocenters. The van der Waals surface area contributed by atoms with Crippen LogP contribution in [-0.4, -0.2) is 13.0 Å². The van der Waals surface area contributed by atoms with E-state index in [4.69, 9.17) is 0 Å². The maximum absolute atomic E-state index is 12.0. The van der Waals surface area contributed by atoms with Gasteiger partial charge in [0.15, 0.2) is 7.14 Å². The molecule has 3 aromatic rings. The van der Waals surface area contributed by atoms with Crippen LogP contribution in [0.3, 0.4) is 0 Å². The predicted molar refractivity (Wildman–Crippen MR) is 109 cm³/mol. The average Bonchev–Trinajstić information content (AvgIpc) is 2.67. The van der Waals surface area contributed by atoms with Crippen molar-refractivity contribution in [2.45, 2.75) is 38.8 Å². The molecule has 0 saturated carbocycles. The number of aryl methyl sites for hydroxylation is 4. The van der Waals surface area contributed by atoms with E-state index in [-0.39, 0.29) is 21.2 Å². The van der Waals surface area contributed by atoms with Gasteiger partial charge in [-0.05, 0) is 98.5 Å². The summed E-state index contributed by atoms with van der Waals surface area (Å²) < 4.78 is 70.1. The average molecular weight is 562 g/mol. The topological polar surface area (TPSA) is 57.2 Å². The Morgan fingerprint density at radius 3 is 1.45 bits per heavy atom. The number of rotatable bonds is 3. The summed E-state index contributed by atoms with van der Waals surface area (Å²) in [7, 11) is -4.68. The monoisotopic (exact) mass is 562 g/mol. The largest absolute Gasteiger partial charge is 0.744 e. The molecular formula is C23H22F3IO3S. The van der Waals surface area contributed by atoms with Gasteiger partial charge in [0.25, 0.3) is 0 Å². The molecule has 0 heterocycles. The Labute approximate surface area is 191 Å². The zero-order valence-electron chi connectivity index (χ0n) is 17.4. The van der Waals surface area contributed by atoms with Crippen molar-refractivity contribution in [3.8, 4) is 0 Å². The van der Waals surface area contributed by atoms with E-state index in [1.165, 1.54) is 29.4 Å². The SMILES string of the molecule is Cc1ccc([I+]c2ccc(C)c(C)c2)cc1C.O=S(=O)([O-])c1ccc(C(F)(F)F)cc1. The smallest absolute Gasteiger partial charge is 0.416 e. The summed E-state index contributed by atoms with van der Waals surface area (Å²) in [6, 6.07) is 16.1. The standard InChI is InChI=1S/C16H18I.C7H5F3O3S/c1-11-5-7-15(9-13(11)3)17-16-8-6-12(2)14(4)10-16;8-7(9,10)5-1-3-6(4-2-5)14(11,12)13/h5-10H,1-4H3;1-4H,(H,11,12,13)/q+1;/p-1. The van der Waals surface area contributed by atoms with Crippen molar-refractivity contribution in [1.82, 2.24) is 0 Å². The van der Waals surface area contributed by atoms with Gasteiger partial charge < -0.3 is 4.55 Å². The summed E-state index contributed by atoms with van der Waals surface area (Å²) in [5.74, 6) is 0. The van der Waals surface area contributed by atoms with Gasteiger partial charge in [0.2, 0.25) is 0 Å². The predicted octanol–water partition coefficient (Wildman–Crippen LogP) is 2.66. The highest BCUT2D eigenvalue weighted by atomic mass is 127. The van der Waals surface area contributed by atoms with E-state index in [1.54, 1.807) is 0 Å². The lowest BCUT2D eigenvalue weighted by molar-refractivity contribution is -0.597. The van der Waals surface area contributed by atoms with Gasteiger partial charge in [-0.3, -0.25) is 0 Å². The third-order valence-corrected chi connectivity index (χ3v) is 8.06. The quantitative estimate of drug-likeness (QED) is 0.365. The first-order valence-electron chi connectivity index (χ1n) is 9.20. The Morgan fingerprint density at radius 2 is 1.13 bits per heavy atom. The normalized spacial score (nSPS) is 11.6. The van der Waals surface area contributed by atoms with E-state index >= 15 is 0 Å². The first-order valence-corrected chi connectivity index (χ1v) is 12.8. The first-order chi connectivity index (χ1) is 14.3. The van der Waals surface area contributed by atoms with Gasteiger partial charge in [-0.25, -0.2) is 8.42 Å². The van der Waals surface area contributed by atoms with Gasteiger partial charge in [-0.15, -0.1) is 0 Å². The third-order valence-electron chi connectivity index (χ3n) is 4.63. The number of halogens is 4. The van der Waals surface area contributed by atoms with Crippen molar-refractivity contribution in [3.63, 3.8) is 0 Å². The van der Waals surface area contributed by atoms with Crippen molar-refractivity contribution in [2.75, 3.05) is 0 Å². The fraction of sp³-hybridized carbons (Fsp3) is 0.217. The molecule has 0 N–H and O–H groups in total. The molecule has 0 fully saturated rings. The van der Waals surface area contributed by atoms with Crippen molar-refractivity contribution >= 4 is 10.1 Å². The Morgan fingerprint density at radius 1 is 0.710 bits per heavy atom. The lowest BCUT2D eigenvalue weighted by Gasteiger charge is -2.09. The molecular weight excluding hydrogens is 540 g/mol. The van der Waals surface area contributed by atoms with E-state index in [2.05, 4.69) is 64.1 Å². The van der Waals surface area contributed by atoms with Crippen LogP contribution in [0.2, 0.25) is 0 Å². The van der Waals surface area contributed by atoms with Crippen LogP contribution < -0.4 is 21.2 Å². The molecule has 3 nitrogen and oxygen atoms in total. The van der Waals surface area contributed by atoms with Crippen LogP contribution in [0.15, 0.2) is 65.6 Å². The number of alkyl halides is 3. The van der Waals surface area contributed by atoms with Gasteiger partial charge in [0.05, 0.1) is 10.5 Å². The minimum absolute atomic E-state index is 0.0304. The van der Waals surface area contributed by atoms with Crippen molar-refractivity contribution in [3.05, 3.63) is 95.6 Å². The molecule has 0 saturated heterocycles. The zero-order valence-corrected chi connectivity index (χ0v) is 20.4. The van der Waals surface area contributed by atoms with Gasteiger partial charge in [-0.1, -0.05) is 12.1 Å². The summed E-state index contributed by atoms with van der Waals surface area (Å²) >= 11 is -0.0304. The molecule has 0 aliphatic rings. The van der Waals surface area contributed by atoms with Crippen LogP contribution in [0.1, 0.15) is 27.8 Å². The third kappa shape index (κ3) is 7.62. The zero-order chi connectivity index (χ0) is 23.4. The highest BCUT2D eigenvalue weighted by Gasteiger charge is 2.30. The van der Waals surface area contributed by atoms with E-state index in [0.29, 0.717) is 24.3 Å². The molecule has 0 aliphatic heterocycles. The van der Waals surface area contributed by atoms with E-state index in [1.807, 2.05) is 0 Å². The second kappa shape index (κ2) is 10.1. The summed E-state index contributed by atoms with van der Waals surface area (Å²) in [4.78, 5) is -0.675. The Kier molecular flexibility index (Phi) is 8.29. The number of benzene rings is 3. The van der Waals surface area contributed by atoms with Crippen LogP contribution >= 0.6 is 0 Å². The fourth-order valence-electron chi connectivity index (χ4n) is 2.46. The van der Waals surface area contributed by atoms with Crippen LogP contribution in [-0.2, 0) is 16.3 Å². The van der Waals surface area contributed by atoms with Gasteiger partial charge in [0.1, 0.15) is 10.1 Å². The molecule has 3 rings (SSSR count). The second-order valence-corrected chi connectivity index (χ2v) is 11.4. The molecule has 0 radical (unpaired) electrons. The van der Waals surface area contributed by atoms with Crippen LogP contribution in [0.25, 0.3) is 0 Å². The van der Waals surface area contributed by atoms with Gasteiger partial charge in [0, 0.05) is 0 Å². The van der Waals surface area contributed by atoms with Crippen LogP contribution in [0.4, 0.5) is 13.2 Å². The molecule has 31 heavy (non-hydrogen) atoms. The molecule has 166 valence electrons. The summed E-state index contributed by atoms with van der Waals surface area (Å²) in [5.41, 5.74) is 4.60. The van der Waals surface area contributed by atoms with E-state index < -0.39 is 26.8 Å². The molecule has 8 heteroatoms. The lowest BCUT2D eigenvalue weighted by atomic mass is 10.1. The maximum Gasteiger partial charge on any atom is 0.416 e. The molecule has 0 unspecified atom stereocenters. The first kappa shape index (κ1) is 25.4. The summed E-state index contributed by atoms with van der Waals surface area (Å²) in [6.45, 7) is 8.74. The summed E-state index contributed by atoms with van der Waals surface area (Å²) in [5, 5.41) is 0. The Bertz CT molecular complexity index is 1110. The number of hydrogen-bond acceptors (Lipinski definition) is 3. The van der Waals surface area contributed by atoms with Crippen LogP contribution in [0, 0.1) is 34.8 Å². The highest BCUT2D eigenvalue weighted by Crippen LogP contribution is 2.29. The molecule has 0 aromatic heterocycles. The van der Waals surface area contributed by atoms with E-state index in [9.17, 15) is 26.1 Å². The Balaban J connectivity index is 0.000000225. The molecule has 0 aliphatic carbocycles. The maximum atomic E-state index is 12.0. The van der Waals surface area contributed by atoms with Crippen LogP contribution in [0.5, 0.6) is 0 Å². The minimum atomic E-state index is -4.68. The van der Waals surface area contributed by atoms with Gasteiger partial charge >= 0.3 is 27.4 Å². The second-order valence-electron chi connectivity index (χ2n) is 7.03. The van der Waals surface area contributed by atoms with Crippen molar-refractivity contribution in [2.24, 2.45) is 0 Å². The van der Waals surface area contributed by atoms with Crippen molar-refractivity contribution < 1.29 is 47.3 Å². The molecule has 0 bridgehead atoms. The van der Waals surface area contributed by atoms with Crippen molar-refractivity contribution in [1.29, 1.82) is 0 Å². The Hall–Kier alpha value is -1.91. The minimum Gasteiger partial charge on any atom is -0.744 e. The fourth-order valence-corrected chi connectivity index (χ4v) is 5.62. The molecule has 0 amide bonds.